The van der Waals surface area contributed by atoms with Crippen LogP contribution in [0.1, 0.15) is 49.3 Å². The van der Waals surface area contributed by atoms with Gasteiger partial charge in [-0.3, -0.25) is 0 Å². The molecule has 18 heavy (non-hydrogen) atoms. The molecular weight excluding hydrogens is 222 g/mol. The third-order valence-corrected chi connectivity index (χ3v) is 3.87. The predicted molar refractivity (Wildman–Crippen MR) is 75.8 cm³/mol. The zero-order valence-electron chi connectivity index (χ0n) is 11.6. The van der Waals surface area contributed by atoms with Crippen molar-refractivity contribution in [3.63, 3.8) is 0 Å². The molecule has 2 unspecified atom stereocenters. The highest BCUT2D eigenvalue weighted by Gasteiger charge is 2.16. The molecule has 1 aliphatic rings. The maximum atomic E-state index is 5.67. The van der Waals surface area contributed by atoms with Gasteiger partial charge in [0.1, 0.15) is 0 Å². The van der Waals surface area contributed by atoms with Gasteiger partial charge in [0.25, 0.3) is 0 Å². The first-order valence-electron chi connectivity index (χ1n) is 7.15. The van der Waals surface area contributed by atoms with Gasteiger partial charge in [0.2, 0.25) is 0 Å². The summed E-state index contributed by atoms with van der Waals surface area (Å²) in [5, 5.41) is 3.42. The van der Waals surface area contributed by atoms with Crippen molar-refractivity contribution in [3.8, 4) is 0 Å². The molecule has 2 atom stereocenters. The molecule has 0 bridgehead atoms. The maximum absolute atomic E-state index is 5.67. The van der Waals surface area contributed by atoms with Gasteiger partial charge < -0.3 is 10.1 Å². The van der Waals surface area contributed by atoms with E-state index in [4.69, 9.17) is 4.74 Å². The molecule has 0 amide bonds. The Morgan fingerprint density at radius 2 is 2.11 bits per heavy atom. The molecule has 0 saturated carbocycles. The summed E-state index contributed by atoms with van der Waals surface area (Å²) in [5.41, 5.74) is 2.73. The Bertz CT molecular complexity index is 341. The number of nitrogens with one attached hydrogen (secondary N) is 1. The number of ether oxygens (including phenoxy) is 1. The van der Waals surface area contributed by atoms with Gasteiger partial charge in [-0.25, -0.2) is 0 Å². The van der Waals surface area contributed by atoms with Crippen LogP contribution in [0.4, 0.5) is 0 Å². The molecule has 1 heterocycles. The average molecular weight is 247 g/mol. The Morgan fingerprint density at radius 1 is 1.33 bits per heavy atom. The summed E-state index contributed by atoms with van der Waals surface area (Å²) in [6.45, 7) is 3.10. The minimum Gasteiger partial charge on any atom is -0.378 e. The summed E-state index contributed by atoms with van der Waals surface area (Å²) in [5.74, 6) is 0. The van der Waals surface area contributed by atoms with E-state index in [1.54, 1.807) is 0 Å². The SMILES string of the molecule is CNC(CCCC1CCCO1)c1ccc(C)cc1. The summed E-state index contributed by atoms with van der Waals surface area (Å²) in [6, 6.07) is 9.34. The van der Waals surface area contributed by atoms with Gasteiger partial charge in [-0.15, -0.1) is 0 Å². The van der Waals surface area contributed by atoms with Gasteiger partial charge in [-0.2, -0.15) is 0 Å². The molecule has 1 N–H and O–H groups in total. The molecule has 2 nitrogen and oxygen atoms in total. The number of aryl methyl sites for hydroxylation is 1. The quantitative estimate of drug-likeness (QED) is 0.829. The van der Waals surface area contributed by atoms with E-state index < -0.39 is 0 Å². The van der Waals surface area contributed by atoms with Crippen LogP contribution in [-0.4, -0.2) is 19.8 Å². The molecule has 0 spiro atoms. The maximum Gasteiger partial charge on any atom is 0.0576 e. The van der Waals surface area contributed by atoms with Crippen molar-refractivity contribution in [1.82, 2.24) is 5.32 Å². The molecule has 2 rings (SSSR count). The van der Waals surface area contributed by atoms with Crippen LogP contribution in [0, 0.1) is 6.92 Å². The van der Waals surface area contributed by atoms with E-state index >= 15 is 0 Å². The van der Waals surface area contributed by atoms with Crippen LogP contribution in [0.3, 0.4) is 0 Å². The van der Waals surface area contributed by atoms with Crippen LogP contribution in [-0.2, 0) is 4.74 Å². The predicted octanol–water partition coefficient (Wildman–Crippen LogP) is 3.60. The van der Waals surface area contributed by atoms with E-state index in [1.807, 2.05) is 0 Å². The lowest BCUT2D eigenvalue weighted by molar-refractivity contribution is 0.101. The summed E-state index contributed by atoms with van der Waals surface area (Å²) >= 11 is 0. The average Bonchev–Trinajstić information content (AvgIpc) is 2.89. The van der Waals surface area contributed by atoms with Gasteiger partial charge >= 0.3 is 0 Å². The highest BCUT2D eigenvalue weighted by atomic mass is 16.5. The summed E-state index contributed by atoms with van der Waals surface area (Å²) < 4.78 is 5.67. The van der Waals surface area contributed by atoms with E-state index in [0.29, 0.717) is 12.1 Å². The van der Waals surface area contributed by atoms with E-state index in [9.17, 15) is 0 Å². The molecule has 1 aromatic carbocycles. The minimum atomic E-state index is 0.479. The molecule has 1 saturated heterocycles. The van der Waals surface area contributed by atoms with Gasteiger partial charge in [0.15, 0.2) is 0 Å². The Kier molecular flexibility index (Phi) is 5.21. The minimum absolute atomic E-state index is 0.479. The second-order valence-corrected chi connectivity index (χ2v) is 5.32. The fourth-order valence-corrected chi connectivity index (χ4v) is 2.70. The normalized spacial score (nSPS) is 21.1. The number of hydrogen-bond acceptors (Lipinski definition) is 2. The van der Waals surface area contributed by atoms with Gasteiger partial charge in [0, 0.05) is 12.6 Å². The van der Waals surface area contributed by atoms with E-state index in [1.165, 1.54) is 43.2 Å². The van der Waals surface area contributed by atoms with Crippen molar-refractivity contribution in [3.05, 3.63) is 35.4 Å². The second-order valence-electron chi connectivity index (χ2n) is 5.32. The van der Waals surface area contributed by atoms with E-state index in [2.05, 4.69) is 43.6 Å². The molecule has 0 aromatic heterocycles. The Morgan fingerprint density at radius 3 is 2.72 bits per heavy atom. The highest BCUT2D eigenvalue weighted by molar-refractivity contribution is 5.24. The Balaban J connectivity index is 1.79. The van der Waals surface area contributed by atoms with Gasteiger partial charge in [-0.05, 0) is 51.6 Å². The van der Waals surface area contributed by atoms with Crippen molar-refractivity contribution in [2.75, 3.05) is 13.7 Å². The Hall–Kier alpha value is -0.860. The second kappa shape index (κ2) is 6.91. The van der Waals surface area contributed by atoms with E-state index in [0.717, 1.165) is 6.61 Å². The monoisotopic (exact) mass is 247 g/mol. The number of rotatable bonds is 6. The van der Waals surface area contributed by atoms with Gasteiger partial charge in [0.05, 0.1) is 6.10 Å². The van der Waals surface area contributed by atoms with Crippen molar-refractivity contribution in [2.45, 2.75) is 51.2 Å². The molecular formula is C16H25NO. The topological polar surface area (TPSA) is 21.3 Å². The lowest BCUT2D eigenvalue weighted by Gasteiger charge is -2.18. The van der Waals surface area contributed by atoms with Crippen LogP contribution in [0.5, 0.6) is 0 Å². The van der Waals surface area contributed by atoms with Crippen LogP contribution in [0.15, 0.2) is 24.3 Å². The largest absolute Gasteiger partial charge is 0.378 e. The number of benzene rings is 1. The molecule has 100 valence electrons. The highest BCUT2D eigenvalue weighted by Crippen LogP contribution is 2.23. The molecule has 1 aliphatic heterocycles. The van der Waals surface area contributed by atoms with Crippen LogP contribution in [0.25, 0.3) is 0 Å². The summed E-state index contributed by atoms with van der Waals surface area (Å²) in [6.07, 6.45) is 6.68. The fraction of sp³-hybridized carbons (Fsp3) is 0.625. The van der Waals surface area contributed by atoms with Crippen molar-refractivity contribution >= 4 is 0 Å². The molecule has 0 aliphatic carbocycles. The molecule has 2 heteroatoms. The van der Waals surface area contributed by atoms with Crippen LogP contribution in [0.2, 0.25) is 0 Å². The summed E-state index contributed by atoms with van der Waals surface area (Å²) in [4.78, 5) is 0. The number of hydrogen-bond donors (Lipinski definition) is 1. The van der Waals surface area contributed by atoms with Crippen LogP contribution >= 0.6 is 0 Å². The molecule has 0 radical (unpaired) electrons. The molecule has 1 fully saturated rings. The smallest absolute Gasteiger partial charge is 0.0576 e. The summed E-state index contributed by atoms with van der Waals surface area (Å²) in [7, 11) is 2.05. The first-order valence-corrected chi connectivity index (χ1v) is 7.15. The van der Waals surface area contributed by atoms with Crippen molar-refractivity contribution in [1.29, 1.82) is 0 Å². The van der Waals surface area contributed by atoms with E-state index in [-0.39, 0.29) is 0 Å². The van der Waals surface area contributed by atoms with Crippen LogP contribution < -0.4 is 5.32 Å². The first kappa shape index (κ1) is 13.6. The standard InChI is InChI=1S/C16H25NO/c1-13-8-10-14(11-9-13)16(17-2)7-3-5-15-6-4-12-18-15/h8-11,15-17H,3-7,12H2,1-2H3. The zero-order valence-corrected chi connectivity index (χ0v) is 11.6. The third kappa shape index (κ3) is 3.82. The lowest BCUT2D eigenvalue weighted by atomic mass is 9.98. The third-order valence-electron chi connectivity index (χ3n) is 3.87. The zero-order chi connectivity index (χ0) is 12.8. The van der Waals surface area contributed by atoms with Crippen molar-refractivity contribution < 1.29 is 4.74 Å². The Labute approximate surface area is 111 Å². The molecule has 1 aromatic rings. The lowest BCUT2D eigenvalue weighted by Crippen LogP contribution is -2.17. The van der Waals surface area contributed by atoms with Gasteiger partial charge in [-0.1, -0.05) is 29.8 Å². The fourth-order valence-electron chi connectivity index (χ4n) is 2.70. The first-order chi connectivity index (χ1) is 8.79. The van der Waals surface area contributed by atoms with Crippen molar-refractivity contribution in [2.24, 2.45) is 0 Å².